The van der Waals surface area contributed by atoms with Crippen molar-refractivity contribution in [2.24, 2.45) is 0 Å². The Hall–Kier alpha value is -1.13. The molecule has 112 valence electrons. The summed E-state index contributed by atoms with van der Waals surface area (Å²) >= 11 is 0. The van der Waals surface area contributed by atoms with Crippen LogP contribution in [-0.4, -0.2) is 55.1 Å². The second-order valence-electron chi connectivity index (χ2n) is 5.40. The van der Waals surface area contributed by atoms with E-state index in [2.05, 4.69) is 29.0 Å². The minimum absolute atomic E-state index is 0.183. The molecule has 0 radical (unpaired) electrons. The molecule has 20 heavy (non-hydrogen) atoms. The number of anilines is 1. The van der Waals surface area contributed by atoms with Crippen LogP contribution in [0.2, 0.25) is 0 Å². The number of hydrogen-bond donors (Lipinski definition) is 1. The molecule has 1 aromatic carbocycles. The normalized spacial score (nSPS) is 19.7. The molecule has 4 heteroatoms. The zero-order valence-electron chi connectivity index (χ0n) is 12.6. The fraction of sp³-hybridized carbons (Fsp3) is 0.625. The molecule has 1 N–H and O–H groups in total. The van der Waals surface area contributed by atoms with Gasteiger partial charge in [-0.3, -0.25) is 9.80 Å². The Morgan fingerprint density at radius 1 is 1.35 bits per heavy atom. The Labute approximate surface area is 121 Å². The van der Waals surface area contributed by atoms with E-state index in [-0.39, 0.29) is 5.82 Å². The van der Waals surface area contributed by atoms with Gasteiger partial charge in [-0.1, -0.05) is 19.9 Å². The summed E-state index contributed by atoms with van der Waals surface area (Å²) in [5.74, 6) is -0.183. The highest BCUT2D eigenvalue weighted by Gasteiger charge is 2.25. The van der Waals surface area contributed by atoms with Gasteiger partial charge in [0.2, 0.25) is 0 Å². The number of rotatable bonds is 7. The number of nitrogens with zero attached hydrogens (tertiary/aromatic N) is 2. The maximum Gasteiger partial charge on any atom is 0.125 e. The van der Waals surface area contributed by atoms with Crippen LogP contribution in [0.15, 0.2) is 24.3 Å². The van der Waals surface area contributed by atoms with Crippen molar-refractivity contribution in [2.75, 3.05) is 44.6 Å². The summed E-state index contributed by atoms with van der Waals surface area (Å²) in [6, 6.07) is 7.37. The third kappa shape index (κ3) is 4.18. The van der Waals surface area contributed by atoms with Gasteiger partial charge in [0.15, 0.2) is 0 Å². The van der Waals surface area contributed by atoms with Gasteiger partial charge in [-0.2, -0.15) is 0 Å². The van der Waals surface area contributed by atoms with E-state index < -0.39 is 0 Å². The SMILES string of the molecule is CCN(CC)C1CCN(CCNc2cccc(F)c2)C1. The Morgan fingerprint density at radius 3 is 2.85 bits per heavy atom. The maximum absolute atomic E-state index is 13.1. The van der Waals surface area contributed by atoms with Crippen LogP contribution in [0.25, 0.3) is 0 Å². The van der Waals surface area contributed by atoms with Gasteiger partial charge >= 0.3 is 0 Å². The average molecular weight is 279 g/mol. The van der Waals surface area contributed by atoms with Gasteiger partial charge in [-0.25, -0.2) is 4.39 Å². The minimum atomic E-state index is -0.183. The van der Waals surface area contributed by atoms with E-state index in [9.17, 15) is 4.39 Å². The molecule has 1 aromatic rings. The van der Waals surface area contributed by atoms with Crippen LogP contribution >= 0.6 is 0 Å². The van der Waals surface area contributed by atoms with Crippen molar-refractivity contribution in [3.8, 4) is 0 Å². The number of likely N-dealkylation sites (N-methyl/N-ethyl adjacent to an activating group) is 1. The zero-order chi connectivity index (χ0) is 14.4. The molecule has 3 nitrogen and oxygen atoms in total. The summed E-state index contributed by atoms with van der Waals surface area (Å²) in [6.07, 6.45) is 1.27. The van der Waals surface area contributed by atoms with Crippen LogP contribution in [0.4, 0.5) is 10.1 Å². The molecule has 1 fully saturated rings. The monoisotopic (exact) mass is 279 g/mol. The van der Waals surface area contributed by atoms with Crippen LogP contribution < -0.4 is 5.32 Å². The molecule has 2 rings (SSSR count). The van der Waals surface area contributed by atoms with Gasteiger partial charge in [-0.05, 0) is 44.3 Å². The van der Waals surface area contributed by atoms with Crippen LogP contribution in [0, 0.1) is 5.82 Å². The van der Waals surface area contributed by atoms with Crippen LogP contribution in [0.1, 0.15) is 20.3 Å². The first-order chi connectivity index (χ1) is 9.72. The molecule has 0 saturated carbocycles. The van der Waals surface area contributed by atoms with E-state index in [4.69, 9.17) is 0 Å². The number of likely N-dealkylation sites (tertiary alicyclic amines) is 1. The summed E-state index contributed by atoms with van der Waals surface area (Å²) < 4.78 is 13.1. The number of nitrogens with one attached hydrogen (secondary N) is 1. The quantitative estimate of drug-likeness (QED) is 0.828. The summed E-state index contributed by atoms with van der Waals surface area (Å²) in [6.45, 7) is 11.0. The lowest BCUT2D eigenvalue weighted by Gasteiger charge is -2.26. The highest BCUT2D eigenvalue weighted by Crippen LogP contribution is 2.15. The van der Waals surface area contributed by atoms with Gasteiger partial charge in [0.25, 0.3) is 0 Å². The molecule has 1 atom stereocenters. The Morgan fingerprint density at radius 2 is 2.15 bits per heavy atom. The lowest BCUT2D eigenvalue weighted by atomic mass is 10.2. The van der Waals surface area contributed by atoms with E-state index >= 15 is 0 Å². The van der Waals surface area contributed by atoms with Crippen LogP contribution in [0.5, 0.6) is 0 Å². The van der Waals surface area contributed by atoms with Crippen molar-refractivity contribution in [2.45, 2.75) is 26.3 Å². The molecule has 1 unspecified atom stereocenters. The number of hydrogen-bond acceptors (Lipinski definition) is 3. The highest BCUT2D eigenvalue weighted by atomic mass is 19.1. The first-order valence-electron chi connectivity index (χ1n) is 7.68. The van der Waals surface area contributed by atoms with Gasteiger partial charge in [-0.15, -0.1) is 0 Å². The zero-order valence-corrected chi connectivity index (χ0v) is 12.6. The predicted molar refractivity (Wildman–Crippen MR) is 82.7 cm³/mol. The lowest BCUT2D eigenvalue weighted by molar-refractivity contribution is 0.212. The molecule has 0 spiro atoms. The number of benzene rings is 1. The fourth-order valence-corrected chi connectivity index (χ4v) is 3.01. The Balaban J connectivity index is 1.71. The van der Waals surface area contributed by atoms with Crippen molar-refractivity contribution in [1.82, 2.24) is 9.80 Å². The van der Waals surface area contributed by atoms with Crippen LogP contribution in [0.3, 0.4) is 0 Å². The average Bonchev–Trinajstić information content (AvgIpc) is 2.89. The largest absolute Gasteiger partial charge is 0.384 e. The van der Waals surface area contributed by atoms with E-state index in [0.29, 0.717) is 6.04 Å². The second-order valence-corrected chi connectivity index (χ2v) is 5.40. The van der Waals surface area contributed by atoms with E-state index in [1.165, 1.54) is 19.0 Å². The minimum Gasteiger partial charge on any atom is -0.384 e. The van der Waals surface area contributed by atoms with Gasteiger partial charge in [0.05, 0.1) is 0 Å². The molecule has 0 bridgehead atoms. The molecular weight excluding hydrogens is 253 g/mol. The Bertz CT molecular complexity index is 406. The van der Waals surface area contributed by atoms with E-state index in [0.717, 1.165) is 38.4 Å². The third-order valence-corrected chi connectivity index (χ3v) is 4.16. The fourth-order valence-electron chi connectivity index (χ4n) is 3.01. The molecule has 1 saturated heterocycles. The van der Waals surface area contributed by atoms with Crippen molar-refractivity contribution >= 4 is 5.69 Å². The second kappa shape index (κ2) is 7.60. The standard InChI is InChI=1S/C16H26FN3/c1-3-20(4-2)16-8-10-19(13-16)11-9-18-15-7-5-6-14(17)12-15/h5-7,12,16,18H,3-4,8-11,13H2,1-2H3. The van der Waals surface area contributed by atoms with E-state index in [1.807, 2.05) is 6.07 Å². The number of halogens is 1. The molecule has 0 amide bonds. The van der Waals surface area contributed by atoms with E-state index in [1.54, 1.807) is 12.1 Å². The molecule has 1 aliphatic rings. The summed E-state index contributed by atoms with van der Waals surface area (Å²) in [5.41, 5.74) is 0.865. The molecule has 1 heterocycles. The van der Waals surface area contributed by atoms with Crippen LogP contribution in [-0.2, 0) is 0 Å². The molecular formula is C16H26FN3. The van der Waals surface area contributed by atoms with Crippen molar-refractivity contribution < 1.29 is 4.39 Å². The lowest BCUT2D eigenvalue weighted by Crippen LogP contribution is -2.38. The first-order valence-corrected chi connectivity index (χ1v) is 7.68. The molecule has 0 aromatic heterocycles. The summed E-state index contributed by atoms with van der Waals surface area (Å²) in [5, 5.41) is 3.29. The summed E-state index contributed by atoms with van der Waals surface area (Å²) in [7, 11) is 0. The highest BCUT2D eigenvalue weighted by molar-refractivity contribution is 5.42. The molecule has 1 aliphatic heterocycles. The first kappa shape index (κ1) is 15.3. The van der Waals surface area contributed by atoms with Gasteiger partial charge in [0, 0.05) is 31.4 Å². The smallest absolute Gasteiger partial charge is 0.125 e. The third-order valence-electron chi connectivity index (χ3n) is 4.16. The molecule has 0 aliphatic carbocycles. The Kier molecular flexibility index (Phi) is 5.80. The van der Waals surface area contributed by atoms with Crippen molar-refractivity contribution in [1.29, 1.82) is 0 Å². The topological polar surface area (TPSA) is 18.5 Å². The van der Waals surface area contributed by atoms with Gasteiger partial charge in [0.1, 0.15) is 5.82 Å². The maximum atomic E-state index is 13.1. The van der Waals surface area contributed by atoms with Crippen molar-refractivity contribution in [3.05, 3.63) is 30.1 Å². The summed E-state index contributed by atoms with van der Waals surface area (Å²) in [4.78, 5) is 5.04. The van der Waals surface area contributed by atoms with Crippen molar-refractivity contribution in [3.63, 3.8) is 0 Å². The van der Waals surface area contributed by atoms with Gasteiger partial charge < -0.3 is 5.32 Å². The predicted octanol–water partition coefficient (Wildman–Crippen LogP) is 2.65.